The quantitative estimate of drug-likeness (QED) is 0.442. The van der Waals surface area contributed by atoms with Crippen LogP contribution in [-0.4, -0.2) is 66.3 Å². The van der Waals surface area contributed by atoms with Gasteiger partial charge >= 0.3 is 5.97 Å². The van der Waals surface area contributed by atoms with Gasteiger partial charge in [-0.3, -0.25) is 0 Å². The first-order chi connectivity index (χ1) is 10.5. The van der Waals surface area contributed by atoms with Gasteiger partial charge in [-0.2, -0.15) is 9.65 Å². The van der Waals surface area contributed by atoms with Crippen molar-refractivity contribution in [3.63, 3.8) is 0 Å². The number of hydroxylamine groups is 4. The summed E-state index contributed by atoms with van der Waals surface area (Å²) in [6.45, 7) is 2.26. The van der Waals surface area contributed by atoms with E-state index in [4.69, 9.17) is 4.84 Å². The van der Waals surface area contributed by atoms with Gasteiger partial charge < -0.3 is 20.0 Å². The lowest BCUT2D eigenvalue weighted by molar-refractivity contribution is -1.04. The van der Waals surface area contributed by atoms with E-state index in [2.05, 4.69) is 9.64 Å². The molecule has 0 aromatic heterocycles. The van der Waals surface area contributed by atoms with Crippen molar-refractivity contribution in [3.05, 3.63) is 29.6 Å². The number of quaternary nitrogens is 1. The maximum atomic E-state index is 12.6. The number of hydrogen-bond donors (Lipinski definition) is 1. The van der Waals surface area contributed by atoms with Crippen molar-refractivity contribution in [1.82, 2.24) is 4.90 Å². The number of aliphatic hydroxyl groups excluding tert-OH is 1. The highest BCUT2D eigenvalue weighted by Crippen LogP contribution is 2.21. The molecule has 7 nitrogen and oxygen atoms in total. The van der Waals surface area contributed by atoms with Crippen LogP contribution in [0.2, 0.25) is 0 Å². The summed E-state index contributed by atoms with van der Waals surface area (Å²) in [7, 11) is 1.23. The Hall–Kier alpha value is -1.25. The molecule has 124 valence electrons. The molecule has 2 aliphatic rings. The Kier molecular flexibility index (Phi) is 6.10. The summed E-state index contributed by atoms with van der Waals surface area (Å²) in [5, 5.41) is 22.7. The number of esters is 1. The molecule has 3 atom stereocenters. The molecule has 1 saturated heterocycles. The first-order valence-electron chi connectivity index (χ1n) is 7.63. The van der Waals surface area contributed by atoms with Crippen LogP contribution in [0.5, 0.6) is 0 Å². The molecule has 0 spiro atoms. The summed E-state index contributed by atoms with van der Waals surface area (Å²) in [5.74, 6) is -0.666. The summed E-state index contributed by atoms with van der Waals surface area (Å²) in [4.78, 5) is 17.8. The van der Waals surface area contributed by atoms with Crippen LogP contribution in [0.1, 0.15) is 19.3 Å². The van der Waals surface area contributed by atoms with Crippen molar-refractivity contribution in [2.75, 3.05) is 33.4 Å². The molecule has 0 saturated carbocycles. The van der Waals surface area contributed by atoms with Gasteiger partial charge in [0, 0.05) is 6.54 Å². The van der Waals surface area contributed by atoms with Crippen LogP contribution in [-0.2, 0) is 14.4 Å². The average molecular weight is 312 g/mol. The Bertz CT molecular complexity index is 434. The summed E-state index contributed by atoms with van der Waals surface area (Å²) in [6.07, 6.45) is 8.51. The highest BCUT2D eigenvalue weighted by molar-refractivity contribution is 5.77. The highest BCUT2D eigenvalue weighted by atomic mass is 16.9. The van der Waals surface area contributed by atoms with E-state index in [0.29, 0.717) is 6.54 Å². The zero-order valence-electron chi connectivity index (χ0n) is 12.9. The molecule has 22 heavy (non-hydrogen) atoms. The minimum atomic E-state index is -1.29. The normalized spacial score (nSPS) is 30.2. The van der Waals surface area contributed by atoms with E-state index in [1.54, 1.807) is 6.08 Å². The van der Waals surface area contributed by atoms with Crippen molar-refractivity contribution >= 4 is 5.97 Å². The van der Waals surface area contributed by atoms with E-state index in [0.717, 1.165) is 25.9 Å². The van der Waals surface area contributed by atoms with Gasteiger partial charge in [-0.25, -0.2) is 4.79 Å². The molecule has 2 aliphatic heterocycles. The third kappa shape index (κ3) is 4.37. The standard InChI is InChI=1S/C15H24N2O5/c1-21-15(19)14-7-3-6-10-17(14,20)22-12-13(18)11-16-8-4-2-5-9-16/h3,6-7,10,13-14,18H,2,4-5,8-9,11-12H2,1H3. The molecule has 0 amide bonds. The summed E-state index contributed by atoms with van der Waals surface area (Å²) in [5.41, 5.74) is 0. The molecule has 0 aliphatic carbocycles. The zero-order chi connectivity index (χ0) is 16.0. The molecule has 7 heteroatoms. The predicted molar refractivity (Wildman–Crippen MR) is 80.0 cm³/mol. The number of likely N-dealkylation sites (tertiary alicyclic amines) is 1. The lowest BCUT2D eigenvalue weighted by Crippen LogP contribution is -2.52. The number of nitrogens with zero attached hydrogens (tertiary/aromatic N) is 2. The Morgan fingerprint density at radius 3 is 2.82 bits per heavy atom. The van der Waals surface area contributed by atoms with E-state index in [9.17, 15) is 15.1 Å². The number of aliphatic hydroxyl groups is 1. The molecule has 0 radical (unpaired) electrons. The number of carbonyl (C=O) groups is 1. The molecule has 0 bridgehead atoms. The fourth-order valence-corrected chi connectivity index (χ4v) is 2.72. The maximum absolute atomic E-state index is 12.6. The number of rotatable bonds is 6. The average Bonchev–Trinajstić information content (AvgIpc) is 2.54. The van der Waals surface area contributed by atoms with Gasteiger partial charge in [-0.1, -0.05) is 12.5 Å². The van der Waals surface area contributed by atoms with Crippen LogP contribution in [0.25, 0.3) is 0 Å². The Labute approximate surface area is 130 Å². The lowest BCUT2D eigenvalue weighted by Gasteiger charge is -2.40. The largest absolute Gasteiger partial charge is 0.593 e. The van der Waals surface area contributed by atoms with E-state index >= 15 is 0 Å². The second-order valence-electron chi connectivity index (χ2n) is 5.65. The summed E-state index contributed by atoms with van der Waals surface area (Å²) in [6, 6.07) is -1.10. The number of carbonyl (C=O) groups excluding carboxylic acids is 1. The molecule has 2 heterocycles. The number of methoxy groups -OCH3 is 1. The minimum absolute atomic E-state index is 0.133. The fourth-order valence-electron chi connectivity index (χ4n) is 2.72. The predicted octanol–water partition coefficient (Wildman–Crippen LogP) is 0.704. The molecule has 3 unspecified atom stereocenters. The Balaban J connectivity index is 1.86. The topological polar surface area (TPSA) is 82.1 Å². The van der Waals surface area contributed by atoms with Gasteiger partial charge in [0.15, 0.2) is 0 Å². The van der Waals surface area contributed by atoms with Gasteiger partial charge in [-0.15, -0.1) is 0 Å². The second kappa shape index (κ2) is 7.85. The number of β-amino-alcohol motifs (C(OH)–C–C–N with tert-alkyl or cyclic N) is 1. The number of ether oxygens (including phenoxy) is 1. The molecular weight excluding hydrogens is 288 g/mol. The lowest BCUT2D eigenvalue weighted by atomic mass is 10.1. The van der Waals surface area contributed by atoms with Crippen molar-refractivity contribution in [1.29, 1.82) is 0 Å². The maximum Gasteiger partial charge on any atom is 0.372 e. The number of allylic oxidation sites excluding steroid dienone is 2. The van der Waals surface area contributed by atoms with Crippen LogP contribution in [0.3, 0.4) is 0 Å². The zero-order valence-corrected chi connectivity index (χ0v) is 12.9. The molecule has 0 aromatic carbocycles. The third-order valence-electron chi connectivity index (χ3n) is 3.92. The molecule has 2 rings (SSSR count). The van der Waals surface area contributed by atoms with E-state index in [-0.39, 0.29) is 6.61 Å². The summed E-state index contributed by atoms with van der Waals surface area (Å²) < 4.78 is 4.62. The molecule has 1 fully saturated rings. The van der Waals surface area contributed by atoms with E-state index < -0.39 is 22.9 Å². The van der Waals surface area contributed by atoms with Crippen molar-refractivity contribution < 1.29 is 24.3 Å². The smallest absolute Gasteiger partial charge is 0.372 e. The van der Waals surface area contributed by atoms with Gasteiger partial charge in [0.25, 0.3) is 0 Å². The summed E-state index contributed by atoms with van der Waals surface area (Å²) >= 11 is 0. The van der Waals surface area contributed by atoms with E-state index in [1.165, 1.54) is 31.9 Å². The van der Waals surface area contributed by atoms with Crippen LogP contribution in [0.4, 0.5) is 0 Å². The minimum Gasteiger partial charge on any atom is -0.593 e. The highest BCUT2D eigenvalue weighted by Gasteiger charge is 2.37. The van der Waals surface area contributed by atoms with Gasteiger partial charge in [0.1, 0.15) is 12.8 Å². The van der Waals surface area contributed by atoms with Crippen LogP contribution < -0.4 is 0 Å². The van der Waals surface area contributed by atoms with Crippen LogP contribution in [0.15, 0.2) is 24.4 Å². The number of hydrogen-bond acceptors (Lipinski definition) is 6. The van der Waals surface area contributed by atoms with Gasteiger partial charge in [0.05, 0.1) is 13.2 Å². The van der Waals surface area contributed by atoms with Gasteiger partial charge in [0.2, 0.25) is 6.04 Å². The van der Waals surface area contributed by atoms with Crippen molar-refractivity contribution in [2.45, 2.75) is 31.4 Å². The molecule has 0 aromatic rings. The molecular formula is C15H24N2O5. The van der Waals surface area contributed by atoms with Crippen molar-refractivity contribution in [2.24, 2.45) is 0 Å². The van der Waals surface area contributed by atoms with Crippen LogP contribution in [0, 0.1) is 5.21 Å². The first-order valence-corrected chi connectivity index (χ1v) is 7.63. The van der Waals surface area contributed by atoms with Crippen LogP contribution >= 0.6 is 0 Å². The molecule has 1 N–H and O–H groups in total. The second-order valence-corrected chi connectivity index (χ2v) is 5.65. The first kappa shape index (κ1) is 17.1. The Morgan fingerprint density at radius 2 is 2.14 bits per heavy atom. The van der Waals surface area contributed by atoms with Crippen molar-refractivity contribution in [3.8, 4) is 0 Å². The SMILES string of the molecule is COC(=O)C1C=CC=C[N+]1([O-])OCC(O)CN1CCCCC1. The number of piperidine rings is 1. The van der Waals surface area contributed by atoms with E-state index in [1.807, 2.05) is 0 Å². The fraction of sp³-hybridized carbons (Fsp3) is 0.667. The third-order valence-corrected chi connectivity index (χ3v) is 3.92. The van der Waals surface area contributed by atoms with Gasteiger partial charge in [-0.05, 0) is 38.1 Å². The Morgan fingerprint density at radius 1 is 1.41 bits per heavy atom. The monoisotopic (exact) mass is 312 g/mol.